The van der Waals surface area contributed by atoms with E-state index >= 15 is 0 Å². The third-order valence-corrected chi connectivity index (χ3v) is 4.45. The average molecular weight is 383 g/mol. The summed E-state index contributed by atoms with van der Waals surface area (Å²) in [7, 11) is 1.81. The highest BCUT2D eigenvalue weighted by atomic mass is 35.5. The van der Waals surface area contributed by atoms with Crippen molar-refractivity contribution < 1.29 is 9.59 Å². The number of carbonyl (C=O) groups excluding carboxylic acids is 2. The van der Waals surface area contributed by atoms with Crippen molar-refractivity contribution >= 4 is 34.8 Å². The van der Waals surface area contributed by atoms with Crippen LogP contribution in [0.4, 0.5) is 16.2 Å². The number of hydrogen-bond donors (Lipinski definition) is 2. The number of aromatic nitrogens is 2. The molecule has 3 rings (SSSR count). The third-order valence-electron chi connectivity index (χ3n) is 4.17. The zero-order valence-corrected chi connectivity index (χ0v) is 16.0. The molecule has 0 aliphatic rings. The van der Waals surface area contributed by atoms with E-state index in [1.54, 1.807) is 35.1 Å². The summed E-state index contributed by atoms with van der Waals surface area (Å²) in [5.41, 5.74) is 4.39. The molecule has 0 fully saturated rings. The first-order valence-electron chi connectivity index (χ1n) is 8.32. The molecule has 0 aliphatic carbocycles. The standard InChI is InChI=1S/C20H19ClN4O2/c1-12-7-8-16(10-17(12)19-18(21)11-22-25(19)3)24-20(27)23-15-6-4-5-14(9-15)13(2)26/h4-11H,1-3H3,(H2,23,24,27). The minimum Gasteiger partial charge on any atom is -0.308 e. The molecule has 0 atom stereocenters. The largest absolute Gasteiger partial charge is 0.323 e. The molecule has 0 bridgehead atoms. The Hall–Kier alpha value is -3.12. The van der Waals surface area contributed by atoms with Gasteiger partial charge < -0.3 is 10.6 Å². The van der Waals surface area contributed by atoms with Crippen LogP contribution in [0.1, 0.15) is 22.8 Å². The van der Waals surface area contributed by atoms with Gasteiger partial charge in [0, 0.05) is 29.5 Å². The Morgan fingerprint density at radius 1 is 1.07 bits per heavy atom. The maximum Gasteiger partial charge on any atom is 0.323 e. The van der Waals surface area contributed by atoms with Crippen LogP contribution < -0.4 is 10.6 Å². The molecule has 138 valence electrons. The van der Waals surface area contributed by atoms with E-state index in [4.69, 9.17) is 11.6 Å². The number of hydrogen-bond acceptors (Lipinski definition) is 3. The molecule has 0 radical (unpaired) electrons. The lowest BCUT2D eigenvalue weighted by Gasteiger charge is -2.12. The van der Waals surface area contributed by atoms with Crippen molar-refractivity contribution in [2.45, 2.75) is 13.8 Å². The summed E-state index contributed by atoms with van der Waals surface area (Å²) in [6.45, 7) is 3.45. The first-order chi connectivity index (χ1) is 12.8. The predicted octanol–water partition coefficient (Wildman–Crippen LogP) is 4.90. The quantitative estimate of drug-likeness (QED) is 0.630. The number of benzene rings is 2. The molecule has 3 aromatic rings. The van der Waals surface area contributed by atoms with Crippen molar-refractivity contribution in [3.05, 3.63) is 64.8 Å². The molecule has 0 saturated carbocycles. The lowest BCUT2D eigenvalue weighted by molar-refractivity contribution is 0.101. The number of ketones is 1. The van der Waals surface area contributed by atoms with Crippen molar-refractivity contribution in [1.82, 2.24) is 9.78 Å². The van der Waals surface area contributed by atoms with E-state index in [9.17, 15) is 9.59 Å². The van der Waals surface area contributed by atoms with Crippen molar-refractivity contribution in [2.24, 2.45) is 7.05 Å². The van der Waals surface area contributed by atoms with Gasteiger partial charge in [0.1, 0.15) is 0 Å². The van der Waals surface area contributed by atoms with Crippen LogP contribution in [0.2, 0.25) is 5.02 Å². The van der Waals surface area contributed by atoms with Gasteiger partial charge in [-0.2, -0.15) is 5.10 Å². The maximum atomic E-state index is 12.3. The molecule has 1 heterocycles. The first-order valence-corrected chi connectivity index (χ1v) is 8.70. The molecule has 2 amide bonds. The van der Waals surface area contributed by atoms with Gasteiger partial charge in [0.15, 0.2) is 5.78 Å². The van der Waals surface area contributed by atoms with Gasteiger partial charge >= 0.3 is 6.03 Å². The minimum absolute atomic E-state index is 0.0599. The zero-order valence-electron chi connectivity index (χ0n) is 15.2. The number of Topliss-reactive ketones (excluding diaryl/α,β-unsaturated/α-hetero) is 1. The fourth-order valence-corrected chi connectivity index (χ4v) is 3.05. The topological polar surface area (TPSA) is 76.0 Å². The summed E-state index contributed by atoms with van der Waals surface area (Å²) in [5, 5.41) is 10.2. The Morgan fingerprint density at radius 3 is 2.41 bits per heavy atom. The number of amides is 2. The van der Waals surface area contributed by atoms with Crippen LogP contribution >= 0.6 is 11.6 Å². The van der Waals surface area contributed by atoms with Crippen molar-refractivity contribution in [3.8, 4) is 11.3 Å². The van der Waals surface area contributed by atoms with Crippen LogP contribution in [0.3, 0.4) is 0 Å². The Kier molecular flexibility index (Phi) is 5.28. The third kappa shape index (κ3) is 4.17. The highest BCUT2D eigenvalue weighted by Crippen LogP contribution is 2.31. The second kappa shape index (κ2) is 7.63. The fraction of sp³-hybridized carbons (Fsp3) is 0.150. The molecule has 27 heavy (non-hydrogen) atoms. The lowest BCUT2D eigenvalue weighted by Crippen LogP contribution is -2.19. The molecular weight excluding hydrogens is 364 g/mol. The second-order valence-corrected chi connectivity index (χ2v) is 6.62. The summed E-state index contributed by atoms with van der Waals surface area (Å²) in [5.74, 6) is -0.0599. The predicted molar refractivity (Wildman–Crippen MR) is 107 cm³/mol. The molecule has 2 aromatic carbocycles. The van der Waals surface area contributed by atoms with E-state index in [-0.39, 0.29) is 5.78 Å². The highest BCUT2D eigenvalue weighted by Gasteiger charge is 2.13. The van der Waals surface area contributed by atoms with E-state index in [2.05, 4.69) is 15.7 Å². The number of rotatable bonds is 4. The number of urea groups is 1. The highest BCUT2D eigenvalue weighted by molar-refractivity contribution is 6.33. The summed E-state index contributed by atoms with van der Waals surface area (Å²) >= 11 is 6.25. The van der Waals surface area contributed by atoms with Gasteiger partial charge in [0.05, 0.1) is 16.9 Å². The minimum atomic E-state index is -0.401. The van der Waals surface area contributed by atoms with Crippen LogP contribution in [0.25, 0.3) is 11.3 Å². The van der Waals surface area contributed by atoms with Gasteiger partial charge in [0.25, 0.3) is 0 Å². The Morgan fingerprint density at radius 2 is 1.78 bits per heavy atom. The molecule has 1 aromatic heterocycles. The number of nitrogens with one attached hydrogen (secondary N) is 2. The number of carbonyl (C=O) groups is 2. The van der Waals surface area contributed by atoms with Crippen LogP contribution in [-0.2, 0) is 7.05 Å². The molecule has 0 unspecified atom stereocenters. The smallest absolute Gasteiger partial charge is 0.308 e. The van der Waals surface area contributed by atoms with Crippen molar-refractivity contribution in [2.75, 3.05) is 10.6 Å². The monoisotopic (exact) mass is 382 g/mol. The van der Waals surface area contributed by atoms with E-state index in [1.165, 1.54) is 6.92 Å². The van der Waals surface area contributed by atoms with Crippen LogP contribution in [0, 0.1) is 6.92 Å². The van der Waals surface area contributed by atoms with Crippen molar-refractivity contribution in [3.63, 3.8) is 0 Å². The van der Waals surface area contributed by atoms with Gasteiger partial charge in [-0.1, -0.05) is 29.8 Å². The normalized spacial score (nSPS) is 10.5. The van der Waals surface area contributed by atoms with E-state index in [1.807, 2.05) is 32.2 Å². The lowest BCUT2D eigenvalue weighted by atomic mass is 10.0. The molecule has 2 N–H and O–H groups in total. The first kappa shape index (κ1) is 18.7. The number of halogens is 1. The molecule has 0 saturated heterocycles. The van der Waals surface area contributed by atoms with E-state index in [0.29, 0.717) is 22.0 Å². The number of anilines is 2. The van der Waals surface area contributed by atoms with E-state index < -0.39 is 6.03 Å². The van der Waals surface area contributed by atoms with Crippen LogP contribution in [0.5, 0.6) is 0 Å². The molecule has 7 heteroatoms. The Bertz CT molecular complexity index is 1010. The van der Waals surface area contributed by atoms with Gasteiger partial charge in [-0.3, -0.25) is 9.48 Å². The van der Waals surface area contributed by atoms with Gasteiger partial charge in [-0.05, 0) is 43.7 Å². The van der Waals surface area contributed by atoms with Crippen molar-refractivity contribution in [1.29, 1.82) is 0 Å². The van der Waals surface area contributed by atoms with Gasteiger partial charge in [-0.15, -0.1) is 0 Å². The average Bonchev–Trinajstić information content (AvgIpc) is 2.95. The molecule has 6 nitrogen and oxygen atoms in total. The SMILES string of the molecule is CC(=O)c1cccc(NC(=O)Nc2ccc(C)c(-c3c(Cl)cnn3C)c2)c1. The van der Waals surface area contributed by atoms with Gasteiger partial charge in [0.2, 0.25) is 0 Å². The molecule has 0 spiro atoms. The second-order valence-electron chi connectivity index (χ2n) is 6.21. The maximum absolute atomic E-state index is 12.3. The Balaban J connectivity index is 1.80. The summed E-state index contributed by atoms with van der Waals surface area (Å²) < 4.78 is 1.70. The Labute approximate surface area is 162 Å². The zero-order chi connectivity index (χ0) is 19.6. The fourth-order valence-electron chi connectivity index (χ4n) is 2.78. The summed E-state index contributed by atoms with van der Waals surface area (Å²) in [6, 6.07) is 12.0. The van der Waals surface area contributed by atoms with Crippen LogP contribution in [0.15, 0.2) is 48.7 Å². The van der Waals surface area contributed by atoms with Crippen LogP contribution in [-0.4, -0.2) is 21.6 Å². The molecule has 0 aliphatic heterocycles. The summed E-state index contributed by atoms with van der Waals surface area (Å²) in [4.78, 5) is 23.8. The number of nitrogens with zero attached hydrogens (tertiary/aromatic N) is 2. The van der Waals surface area contributed by atoms with E-state index in [0.717, 1.165) is 16.8 Å². The number of aryl methyl sites for hydroxylation is 2. The van der Waals surface area contributed by atoms with Gasteiger partial charge in [-0.25, -0.2) is 4.79 Å². The molecular formula is C20H19ClN4O2. The summed E-state index contributed by atoms with van der Waals surface area (Å²) in [6.07, 6.45) is 1.59.